The van der Waals surface area contributed by atoms with Crippen molar-refractivity contribution >= 4 is 23.4 Å². The van der Waals surface area contributed by atoms with Gasteiger partial charge in [-0.1, -0.05) is 17.2 Å². The van der Waals surface area contributed by atoms with E-state index in [0.717, 1.165) is 18.4 Å². The maximum Gasteiger partial charge on any atom is 0.492 e. The van der Waals surface area contributed by atoms with Crippen LogP contribution in [0.15, 0.2) is 6.07 Å². The number of carbonyl (C=O) groups excluding carboxylic acids is 1. The molecule has 0 radical (unpaired) electrons. The van der Waals surface area contributed by atoms with Gasteiger partial charge < -0.3 is 4.84 Å². The summed E-state index contributed by atoms with van der Waals surface area (Å²) >= 11 is 5.82. The predicted octanol–water partition coefficient (Wildman–Crippen LogP) is 1.94. The number of halogens is 4. The number of hydrogen-bond acceptors (Lipinski definition) is 6. The zero-order chi connectivity index (χ0) is 14.0. The Balaban J connectivity index is 1.90. The number of nitrogens with zero attached hydrogens (tertiary/aromatic N) is 2. The minimum Gasteiger partial charge on any atom is -0.343 e. The minimum absolute atomic E-state index is 0.0984. The Hall–Kier alpha value is -1.61. The van der Waals surface area contributed by atoms with E-state index in [1.807, 2.05) is 0 Å². The molecule has 1 heterocycles. The van der Waals surface area contributed by atoms with Gasteiger partial charge in [-0.3, -0.25) is 5.43 Å². The first-order valence-corrected chi connectivity index (χ1v) is 5.58. The Morgan fingerprint density at radius 2 is 2.11 bits per heavy atom. The van der Waals surface area contributed by atoms with E-state index in [4.69, 9.17) is 11.6 Å². The summed E-state index contributed by atoms with van der Waals surface area (Å²) in [5, 5.41) is 7.47. The molecule has 0 atom stereocenters. The van der Waals surface area contributed by atoms with Crippen molar-refractivity contribution in [3.8, 4) is 0 Å². The molecule has 6 nitrogen and oxygen atoms in total. The number of aromatic nitrogens is 2. The first kappa shape index (κ1) is 13.8. The summed E-state index contributed by atoms with van der Waals surface area (Å²) < 4.78 is 35.5. The van der Waals surface area contributed by atoms with Gasteiger partial charge in [-0.2, -0.15) is 13.2 Å². The molecule has 0 saturated heterocycles. The molecule has 1 aliphatic carbocycles. The standard InChI is InChI=1S/C9H8ClF3N4O2/c10-7-5(4-1-2-4)3-6(14-16-7)15-17-19-8(18)9(11,12)13/h3-4,17H,1-2H2,(H,14,15). The van der Waals surface area contributed by atoms with Crippen LogP contribution in [0.25, 0.3) is 0 Å². The van der Waals surface area contributed by atoms with Crippen LogP contribution in [0.5, 0.6) is 0 Å². The summed E-state index contributed by atoms with van der Waals surface area (Å²) in [6, 6.07) is 1.53. The Morgan fingerprint density at radius 3 is 2.68 bits per heavy atom. The van der Waals surface area contributed by atoms with E-state index in [2.05, 4.69) is 20.5 Å². The van der Waals surface area contributed by atoms with Crippen LogP contribution in [-0.2, 0) is 9.63 Å². The van der Waals surface area contributed by atoms with Gasteiger partial charge in [-0.15, -0.1) is 10.2 Å². The summed E-state index contributed by atoms with van der Waals surface area (Å²) in [7, 11) is 0. The lowest BCUT2D eigenvalue weighted by Crippen LogP contribution is -2.34. The van der Waals surface area contributed by atoms with Gasteiger partial charge in [-0.25, -0.2) is 4.79 Å². The second-order valence-electron chi connectivity index (χ2n) is 3.86. The summed E-state index contributed by atoms with van der Waals surface area (Å²) in [5.74, 6) is -1.98. The number of carbonyl (C=O) groups is 1. The van der Waals surface area contributed by atoms with Crippen LogP contribution < -0.4 is 11.0 Å². The van der Waals surface area contributed by atoms with Crippen molar-refractivity contribution in [2.75, 3.05) is 5.43 Å². The zero-order valence-electron chi connectivity index (χ0n) is 9.29. The van der Waals surface area contributed by atoms with Gasteiger partial charge in [0.2, 0.25) is 0 Å². The molecule has 1 aromatic rings. The molecule has 19 heavy (non-hydrogen) atoms. The quantitative estimate of drug-likeness (QED) is 0.827. The van der Waals surface area contributed by atoms with E-state index in [1.54, 1.807) is 5.59 Å². The van der Waals surface area contributed by atoms with Crippen molar-refractivity contribution in [3.63, 3.8) is 0 Å². The Kier molecular flexibility index (Phi) is 3.76. The molecular formula is C9H8ClF3N4O2. The van der Waals surface area contributed by atoms with Crippen LogP contribution in [0.3, 0.4) is 0 Å². The van der Waals surface area contributed by atoms with Gasteiger partial charge in [0.1, 0.15) is 0 Å². The number of nitrogens with one attached hydrogen (secondary N) is 2. The van der Waals surface area contributed by atoms with Crippen LogP contribution in [0.2, 0.25) is 5.15 Å². The summed E-state index contributed by atoms with van der Waals surface area (Å²) in [6.45, 7) is 0. The molecule has 104 valence electrons. The molecule has 10 heteroatoms. The van der Waals surface area contributed by atoms with Gasteiger partial charge in [0.15, 0.2) is 11.0 Å². The molecule has 0 unspecified atom stereocenters. The van der Waals surface area contributed by atoms with Crippen LogP contribution in [0.1, 0.15) is 24.3 Å². The maximum absolute atomic E-state index is 11.8. The third-order valence-electron chi connectivity index (χ3n) is 2.35. The van der Waals surface area contributed by atoms with Crippen LogP contribution in [0.4, 0.5) is 19.0 Å². The van der Waals surface area contributed by atoms with Crippen molar-refractivity contribution in [2.24, 2.45) is 0 Å². The number of hydrogen-bond donors (Lipinski definition) is 2. The largest absolute Gasteiger partial charge is 0.492 e. The first-order valence-electron chi connectivity index (χ1n) is 5.20. The van der Waals surface area contributed by atoms with E-state index in [9.17, 15) is 18.0 Å². The fourth-order valence-corrected chi connectivity index (χ4v) is 1.56. The molecule has 1 fully saturated rings. The number of anilines is 1. The first-order chi connectivity index (χ1) is 8.88. The van der Waals surface area contributed by atoms with E-state index in [-0.39, 0.29) is 11.0 Å². The second kappa shape index (κ2) is 5.17. The maximum atomic E-state index is 11.8. The monoisotopic (exact) mass is 296 g/mol. The lowest BCUT2D eigenvalue weighted by atomic mass is 10.2. The Labute approximate surface area is 110 Å². The van der Waals surface area contributed by atoms with Gasteiger partial charge >= 0.3 is 12.1 Å². The lowest BCUT2D eigenvalue weighted by molar-refractivity contribution is -0.205. The molecular weight excluding hydrogens is 289 g/mol. The highest BCUT2D eigenvalue weighted by Crippen LogP contribution is 2.42. The number of alkyl halides is 3. The van der Waals surface area contributed by atoms with E-state index in [0.29, 0.717) is 5.92 Å². The fraction of sp³-hybridized carbons (Fsp3) is 0.444. The fourth-order valence-electron chi connectivity index (χ4n) is 1.31. The summed E-state index contributed by atoms with van der Waals surface area (Å²) in [6.07, 6.45) is -3.12. The van der Waals surface area contributed by atoms with Crippen molar-refractivity contribution in [3.05, 3.63) is 16.8 Å². The molecule has 0 spiro atoms. The van der Waals surface area contributed by atoms with Crippen LogP contribution in [-0.4, -0.2) is 22.3 Å². The summed E-state index contributed by atoms with van der Waals surface area (Å²) in [5.41, 5.74) is 4.57. The van der Waals surface area contributed by atoms with Crippen LogP contribution >= 0.6 is 11.6 Å². The highest BCUT2D eigenvalue weighted by atomic mass is 35.5. The van der Waals surface area contributed by atoms with Gasteiger partial charge in [0, 0.05) is 0 Å². The molecule has 0 aliphatic heterocycles. The predicted molar refractivity (Wildman–Crippen MR) is 57.9 cm³/mol. The smallest absolute Gasteiger partial charge is 0.343 e. The molecule has 2 rings (SSSR count). The van der Waals surface area contributed by atoms with E-state index in [1.165, 1.54) is 6.07 Å². The lowest BCUT2D eigenvalue weighted by Gasteiger charge is -2.09. The Bertz CT molecular complexity index is 493. The third-order valence-corrected chi connectivity index (χ3v) is 2.64. The molecule has 0 aromatic carbocycles. The highest BCUT2D eigenvalue weighted by Gasteiger charge is 2.41. The average Bonchev–Trinajstić information content (AvgIpc) is 3.14. The molecule has 2 N–H and O–H groups in total. The second-order valence-corrected chi connectivity index (χ2v) is 4.22. The van der Waals surface area contributed by atoms with E-state index < -0.39 is 12.1 Å². The number of rotatable bonds is 4. The third kappa shape index (κ3) is 3.67. The van der Waals surface area contributed by atoms with Gasteiger partial charge in [-0.05, 0) is 30.4 Å². The van der Waals surface area contributed by atoms with Crippen LogP contribution in [0, 0.1) is 0 Å². The minimum atomic E-state index is -5.07. The van der Waals surface area contributed by atoms with Crippen molar-refractivity contribution in [2.45, 2.75) is 24.9 Å². The molecule has 1 aromatic heterocycles. The van der Waals surface area contributed by atoms with Gasteiger partial charge in [0.05, 0.1) is 0 Å². The van der Waals surface area contributed by atoms with E-state index >= 15 is 0 Å². The highest BCUT2D eigenvalue weighted by molar-refractivity contribution is 6.30. The summed E-state index contributed by atoms with van der Waals surface area (Å²) in [4.78, 5) is 14.1. The van der Waals surface area contributed by atoms with Crippen molar-refractivity contribution in [1.82, 2.24) is 15.8 Å². The molecule has 1 aliphatic rings. The Morgan fingerprint density at radius 1 is 1.42 bits per heavy atom. The molecule has 0 amide bonds. The molecule has 0 bridgehead atoms. The van der Waals surface area contributed by atoms with Gasteiger partial charge in [0.25, 0.3) is 0 Å². The van der Waals surface area contributed by atoms with Crippen molar-refractivity contribution < 1.29 is 22.8 Å². The zero-order valence-corrected chi connectivity index (χ0v) is 10.0. The normalized spacial score (nSPS) is 15.2. The topological polar surface area (TPSA) is 76.1 Å². The average molecular weight is 297 g/mol. The number of hydrazine groups is 1. The molecule has 1 saturated carbocycles. The van der Waals surface area contributed by atoms with Crippen molar-refractivity contribution in [1.29, 1.82) is 0 Å². The SMILES string of the molecule is O=C(ONNc1cc(C2CC2)c(Cl)nn1)C(F)(F)F.